The maximum atomic E-state index is 11.0. The van der Waals surface area contributed by atoms with Crippen LogP contribution >= 0.6 is 0 Å². The molecule has 1 fully saturated rings. The van der Waals surface area contributed by atoms with Crippen molar-refractivity contribution in [3.8, 4) is 0 Å². The lowest BCUT2D eigenvalue weighted by Crippen LogP contribution is -2.42. The smallest absolute Gasteiger partial charge is 0.364 e. The van der Waals surface area contributed by atoms with E-state index in [4.69, 9.17) is 19.3 Å². The Morgan fingerprint density at radius 3 is 2.79 bits per heavy atom. The average molecular weight is 204 g/mol. The third-order valence-electron chi connectivity index (χ3n) is 2.09. The highest BCUT2D eigenvalue weighted by Gasteiger charge is 2.48. The van der Waals surface area contributed by atoms with E-state index >= 15 is 0 Å². The number of carbonyl (C=O) groups is 1. The fourth-order valence-corrected chi connectivity index (χ4v) is 1.50. The lowest BCUT2D eigenvalue weighted by atomic mass is 10.2. The summed E-state index contributed by atoms with van der Waals surface area (Å²) in [4.78, 5) is 11.0. The van der Waals surface area contributed by atoms with Crippen molar-refractivity contribution in [3.05, 3.63) is 0 Å². The van der Waals surface area contributed by atoms with Crippen molar-refractivity contribution in [1.29, 1.82) is 0 Å². The molecule has 1 aliphatic rings. The van der Waals surface area contributed by atoms with E-state index in [-0.39, 0.29) is 0 Å². The van der Waals surface area contributed by atoms with E-state index in [1.54, 1.807) is 6.92 Å². The van der Waals surface area contributed by atoms with E-state index in [1.807, 2.05) is 6.92 Å². The molecule has 0 radical (unpaired) electrons. The first-order valence-electron chi connectivity index (χ1n) is 4.81. The van der Waals surface area contributed by atoms with Crippen LogP contribution in [0.3, 0.4) is 0 Å². The Morgan fingerprint density at radius 1 is 1.57 bits per heavy atom. The summed E-state index contributed by atoms with van der Waals surface area (Å²) in [6.45, 7) is 4.39. The zero-order valence-electron chi connectivity index (χ0n) is 8.49. The summed E-state index contributed by atoms with van der Waals surface area (Å²) in [5.41, 5.74) is 0. The van der Waals surface area contributed by atoms with Gasteiger partial charge in [-0.3, -0.25) is 0 Å². The van der Waals surface area contributed by atoms with Gasteiger partial charge in [-0.1, -0.05) is 0 Å². The molecule has 1 N–H and O–H groups in total. The molecule has 1 aliphatic heterocycles. The minimum absolute atomic E-state index is 0.311. The highest BCUT2D eigenvalue weighted by molar-refractivity contribution is 5.76. The van der Waals surface area contributed by atoms with Crippen LogP contribution in [-0.4, -0.2) is 36.4 Å². The van der Waals surface area contributed by atoms with Gasteiger partial charge < -0.3 is 19.3 Å². The minimum Gasteiger partial charge on any atom is -0.477 e. The van der Waals surface area contributed by atoms with Crippen LogP contribution in [0.5, 0.6) is 0 Å². The van der Waals surface area contributed by atoms with Crippen LogP contribution in [-0.2, 0) is 19.0 Å². The molecule has 2 atom stereocenters. The van der Waals surface area contributed by atoms with E-state index in [0.717, 1.165) is 0 Å². The molecule has 5 heteroatoms. The second-order valence-electron chi connectivity index (χ2n) is 3.03. The van der Waals surface area contributed by atoms with Crippen molar-refractivity contribution >= 4 is 5.97 Å². The summed E-state index contributed by atoms with van der Waals surface area (Å²) >= 11 is 0. The topological polar surface area (TPSA) is 65.0 Å². The van der Waals surface area contributed by atoms with Crippen LogP contribution in [0.25, 0.3) is 0 Å². The van der Waals surface area contributed by atoms with Crippen LogP contribution in [0, 0.1) is 0 Å². The zero-order chi connectivity index (χ0) is 10.6. The third-order valence-corrected chi connectivity index (χ3v) is 2.09. The monoisotopic (exact) mass is 204 g/mol. The molecule has 1 rings (SSSR count). The van der Waals surface area contributed by atoms with E-state index in [1.165, 1.54) is 0 Å². The van der Waals surface area contributed by atoms with Crippen molar-refractivity contribution in [1.82, 2.24) is 0 Å². The number of hydrogen-bond acceptors (Lipinski definition) is 4. The van der Waals surface area contributed by atoms with E-state index in [0.29, 0.717) is 26.1 Å². The van der Waals surface area contributed by atoms with Crippen molar-refractivity contribution in [2.45, 2.75) is 38.8 Å². The molecule has 5 nitrogen and oxygen atoms in total. The number of carboxylic acid groups (broad SMARTS) is 1. The molecule has 0 aromatic heterocycles. The molecule has 0 aliphatic carbocycles. The molecule has 1 saturated heterocycles. The normalized spacial score (nSPS) is 32.0. The third kappa shape index (κ3) is 2.23. The molecule has 82 valence electrons. The van der Waals surface area contributed by atoms with Crippen LogP contribution in [0.1, 0.15) is 26.7 Å². The number of carboxylic acids is 1. The van der Waals surface area contributed by atoms with Crippen LogP contribution < -0.4 is 0 Å². The van der Waals surface area contributed by atoms with E-state index < -0.39 is 18.0 Å². The van der Waals surface area contributed by atoms with Gasteiger partial charge in [0.1, 0.15) is 0 Å². The van der Waals surface area contributed by atoms with Crippen molar-refractivity contribution < 1.29 is 24.1 Å². The quantitative estimate of drug-likeness (QED) is 0.723. The first-order chi connectivity index (χ1) is 6.64. The van der Waals surface area contributed by atoms with E-state index in [9.17, 15) is 4.79 Å². The first-order valence-corrected chi connectivity index (χ1v) is 4.81. The van der Waals surface area contributed by atoms with Gasteiger partial charge in [0.2, 0.25) is 0 Å². The SMILES string of the molecule is CCOC1CCC(OCC)(C(=O)O)O1. The standard InChI is InChI=1S/C9H16O5/c1-3-12-7-5-6-9(14-7,8(10)11)13-4-2/h7H,3-6H2,1-2H3,(H,10,11). The lowest BCUT2D eigenvalue weighted by Gasteiger charge is -2.23. The molecule has 0 saturated carbocycles. The second-order valence-corrected chi connectivity index (χ2v) is 3.03. The van der Waals surface area contributed by atoms with Gasteiger partial charge in [0.25, 0.3) is 5.79 Å². The van der Waals surface area contributed by atoms with Gasteiger partial charge in [-0.25, -0.2) is 4.79 Å². The maximum absolute atomic E-state index is 11.0. The Hall–Kier alpha value is -0.650. The molecule has 1 heterocycles. The second kappa shape index (κ2) is 4.72. The van der Waals surface area contributed by atoms with Gasteiger partial charge in [-0.2, -0.15) is 0 Å². The summed E-state index contributed by atoms with van der Waals surface area (Å²) in [7, 11) is 0. The maximum Gasteiger partial charge on any atom is 0.364 e. The predicted octanol–water partition coefficient (Wildman–Crippen LogP) is 0.977. The average Bonchev–Trinajstić information content (AvgIpc) is 2.51. The van der Waals surface area contributed by atoms with Gasteiger partial charge in [0, 0.05) is 26.1 Å². The summed E-state index contributed by atoms with van der Waals surface area (Å²) in [6, 6.07) is 0. The van der Waals surface area contributed by atoms with Crippen molar-refractivity contribution in [2.75, 3.05) is 13.2 Å². The van der Waals surface area contributed by atoms with Gasteiger partial charge in [-0.05, 0) is 13.8 Å². The van der Waals surface area contributed by atoms with Gasteiger partial charge in [-0.15, -0.1) is 0 Å². The first kappa shape index (κ1) is 11.4. The zero-order valence-corrected chi connectivity index (χ0v) is 8.49. The summed E-state index contributed by atoms with van der Waals surface area (Å²) in [6.07, 6.45) is 0.434. The molecular weight excluding hydrogens is 188 g/mol. The fourth-order valence-electron chi connectivity index (χ4n) is 1.50. The van der Waals surface area contributed by atoms with Gasteiger partial charge in [0.05, 0.1) is 0 Å². The summed E-state index contributed by atoms with van der Waals surface area (Å²) in [5.74, 6) is -2.57. The molecule has 0 aromatic carbocycles. The van der Waals surface area contributed by atoms with Gasteiger partial charge >= 0.3 is 5.97 Å². The minimum atomic E-state index is -1.49. The van der Waals surface area contributed by atoms with Crippen LogP contribution in [0.4, 0.5) is 0 Å². The number of hydrogen-bond donors (Lipinski definition) is 1. The fraction of sp³-hybridized carbons (Fsp3) is 0.889. The predicted molar refractivity (Wildman–Crippen MR) is 47.7 cm³/mol. The highest BCUT2D eigenvalue weighted by atomic mass is 16.8. The van der Waals surface area contributed by atoms with Gasteiger partial charge in [0.15, 0.2) is 6.29 Å². The number of ether oxygens (including phenoxy) is 3. The Labute approximate surface area is 82.9 Å². The van der Waals surface area contributed by atoms with Crippen LogP contribution in [0.15, 0.2) is 0 Å². The molecule has 0 aromatic rings. The Balaban J connectivity index is 2.59. The largest absolute Gasteiger partial charge is 0.477 e. The molecule has 0 amide bonds. The lowest BCUT2D eigenvalue weighted by molar-refractivity contribution is -0.268. The van der Waals surface area contributed by atoms with Crippen LogP contribution in [0.2, 0.25) is 0 Å². The molecule has 14 heavy (non-hydrogen) atoms. The molecular formula is C9H16O5. The Bertz CT molecular complexity index is 205. The highest BCUT2D eigenvalue weighted by Crippen LogP contribution is 2.32. The van der Waals surface area contributed by atoms with Crippen molar-refractivity contribution in [3.63, 3.8) is 0 Å². The molecule has 2 unspecified atom stereocenters. The number of aliphatic carboxylic acids is 1. The summed E-state index contributed by atoms with van der Waals surface area (Å²) in [5, 5.41) is 8.98. The summed E-state index contributed by atoms with van der Waals surface area (Å²) < 4.78 is 15.6. The Kier molecular flexibility index (Phi) is 3.86. The van der Waals surface area contributed by atoms with E-state index in [2.05, 4.69) is 0 Å². The molecule has 0 spiro atoms. The van der Waals surface area contributed by atoms with Crippen molar-refractivity contribution in [2.24, 2.45) is 0 Å². The molecule has 0 bridgehead atoms. The number of rotatable bonds is 5. The Morgan fingerprint density at radius 2 is 2.29 bits per heavy atom.